The van der Waals surface area contributed by atoms with Gasteiger partial charge in [0.25, 0.3) is 5.91 Å². The number of carbonyl (C=O) groups is 1. The van der Waals surface area contributed by atoms with Crippen LogP contribution in [0.25, 0.3) is 10.2 Å². The molecule has 0 saturated heterocycles. The molecular weight excluding hydrogens is 331 g/mol. The van der Waals surface area contributed by atoms with Gasteiger partial charge < -0.3 is 0 Å². The van der Waals surface area contributed by atoms with Gasteiger partial charge in [-0.15, -0.1) is 10.2 Å². The van der Waals surface area contributed by atoms with Crippen LogP contribution in [-0.2, 0) is 0 Å². The zero-order valence-electron chi connectivity index (χ0n) is 10.7. The highest BCUT2D eigenvalue weighted by molar-refractivity contribution is 7.22. The van der Waals surface area contributed by atoms with Crippen molar-refractivity contribution in [3.05, 3.63) is 45.7 Å². The van der Waals surface area contributed by atoms with E-state index in [4.69, 9.17) is 23.2 Å². The number of halogens is 2. The lowest BCUT2D eigenvalue weighted by molar-refractivity contribution is 0.102. The first-order chi connectivity index (χ1) is 10.0. The maximum Gasteiger partial charge on any atom is 0.260 e. The second-order valence-corrected chi connectivity index (χ2v) is 6.09. The van der Waals surface area contributed by atoms with Gasteiger partial charge in [0, 0.05) is 0 Å². The lowest BCUT2D eigenvalue weighted by Crippen LogP contribution is -2.13. The lowest BCUT2D eigenvalue weighted by Gasteiger charge is -2.02. The number of hydrogen-bond donors (Lipinski definition) is 1. The van der Waals surface area contributed by atoms with Crippen molar-refractivity contribution >= 4 is 55.8 Å². The molecule has 2 aromatic heterocycles. The van der Waals surface area contributed by atoms with Gasteiger partial charge in [-0.25, -0.2) is 4.98 Å². The number of benzene rings is 1. The largest absolute Gasteiger partial charge is 0.298 e. The minimum Gasteiger partial charge on any atom is -0.298 e. The van der Waals surface area contributed by atoms with E-state index in [0.717, 1.165) is 15.8 Å². The molecule has 0 aliphatic rings. The van der Waals surface area contributed by atoms with Crippen LogP contribution in [0.2, 0.25) is 10.3 Å². The molecule has 0 atom stereocenters. The summed E-state index contributed by atoms with van der Waals surface area (Å²) in [5.74, 6) is -0.424. The molecule has 5 nitrogen and oxygen atoms in total. The molecule has 8 heteroatoms. The fourth-order valence-corrected chi connectivity index (χ4v) is 3.05. The highest BCUT2D eigenvalue weighted by atomic mass is 35.5. The summed E-state index contributed by atoms with van der Waals surface area (Å²) in [7, 11) is 0. The standard InChI is InChI=1S/C13H8Cl2N4OS/c1-6-2-3-8-9(4-6)21-13(16-8)17-12(20)7-5-10(14)18-19-11(7)15/h2-5H,1H3,(H,16,17,20). The number of amides is 1. The minimum absolute atomic E-state index is 0.00569. The molecule has 3 rings (SSSR count). The molecule has 0 saturated carbocycles. The van der Waals surface area contributed by atoms with Gasteiger partial charge in [-0.05, 0) is 30.7 Å². The number of hydrogen-bond acceptors (Lipinski definition) is 5. The third-order valence-electron chi connectivity index (χ3n) is 2.73. The molecule has 3 aromatic rings. The van der Waals surface area contributed by atoms with Crippen molar-refractivity contribution in [1.29, 1.82) is 0 Å². The Labute approximate surface area is 133 Å². The second-order valence-electron chi connectivity index (χ2n) is 4.32. The number of nitrogens with zero attached hydrogens (tertiary/aromatic N) is 3. The summed E-state index contributed by atoms with van der Waals surface area (Å²) in [4.78, 5) is 16.5. The quantitative estimate of drug-likeness (QED) is 0.767. The van der Waals surface area contributed by atoms with E-state index < -0.39 is 5.91 Å². The third kappa shape index (κ3) is 2.97. The number of anilines is 1. The van der Waals surface area contributed by atoms with Crippen LogP contribution in [0.3, 0.4) is 0 Å². The first kappa shape index (κ1) is 14.2. The number of fused-ring (bicyclic) bond motifs is 1. The van der Waals surface area contributed by atoms with Crippen LogP contribution >= 0.6 is 34.5 Å². The molecule has 1 aromatic carbocycles. The molecule has 0 aliphatic carbocycles. The molecule has 2 heterocycles. The summed E-state index contributed by atoms with van der Waals surface area (Å²) in [6.07, 6.45) is 0. The molecule has 1 amide bonds. The Kier molecular flexibility index (Phi) is 3.75. The van der Waals surface area contributed by atoms with Crippen molar-refractivity contribution in [1.82, 2.24) is 15.2 Å². The minimum atomic E-state index is -0.424. The molecule has 0 radical (unpaired) electrons. The zero-order chi connectivity index (χ0) is 15.0. The first-order valence-electron chi connectivity index (χ1n) is 5.90. The summed E-state index contributed by atoms with van der Waals surface area (Å²) in [5.41, 5.74) is 2.13. The molecule has 0 spiro atoms. The van der Waals surface area contributed by atoms with Crippen LogP contribution in [0, 0.1) is 6.92 Å². The number of aryl methyl sites for hydroxylation is 1. The molecule has 21 heavy (non-hydrogen) atoms. The van der Waals surface area contributed by atoms with E-state index in [2.05, 4.69) is 20.5 Å². The summed E-state index contributed by atoms with van der Waals surface area (Å²) in [6, 6.07) is 7.26. The van der Waals surface area contributed by atoms with E-state index in [1.165, 1.54) is 17.4 Å². The van der Waals surface area contributed by atoms with E-state index >= 15 is 0 Å². The van der Waals surface area contributed by atoms with E-state index in [9.17, 15) is 4.79 Å². The van der Waals surface area contributed by atoms with Crippen LogP contribution in [0.15, 0.2) is 24.3 Å². The number of carbonyl (C=O) groups excluding carboxylic acids is 1. The van der Waals surface area contributed by atoms with Gasteiger partial charge in [-0.1, -0.05) is 40.6 Å². The Bertz CT molecular complexity index is 849. The second kappa shape index (κ2) is 5.55. The lowest BCUT2D eigenvalue weighted by atomic mass is 10.2. The van der Waals surface area contributed by atoms with E-state index in [1.54, 1.807) is 0 Å². The topological polar surface area (TPSA) is 67.8 Å². The molecule has 0 unspecified atom stereocenters. The Balaban J connectivity index is 1.90. The van der Waals surface area contributed by atoms with Crippen LogP contribution < -0.4 is 5.32 Å². The zero-order valence-corrected chi connectivity index (χ0v) is 13.1. The van der Waals surface area contributed by atoms with Gasteiger partial charge in [-0.3, -0.25) is 10.1 Å². The van der Waals surface area contributed by atoms with Gasteiger partial charge in [0.2, 0.25) is 0 Å². The van der Waals surface area contributed by atoms with Gasteiger partial charge in [0.05, 0.1) is 15.8 Å². The Morgan fingerprint density at radius 3 is 2.86 bits per heavy atom. The average Bonchev–Trinajstić information content (AvgIpc) is 2.82. The van der Waals surface area contributed by atoms with E-state index in [-0.39, 0.29) is 15.9 Å². The molecule has 106 valence electrons. The van der Waals surface area contributed by atoms with Gasteiger partial charge in [0.1, 0.15) is 0 Å². The molecule has 0 bridgehead atoms. The van der Waals surface area contributed by atoms with Gasteiger partial charge in [-0.2, -0.15) is 0 Å². The Morgan fingerprint density at radius 1 is 1.24 bits per heavy atom. The monoisotopic (exact) mass is 338 g/mol. The van der Waals surface area contributed by atoms with Crippen LogP contribution in [0.5, 0.6) is 0 Å². The normalized spacial score (nSPS) is 10.8. The Morgan fingerprint density at radius 2 is 2.05 bits per heavy atom. The number of thiazole rings is 1. The predicted molar refractivity (Wildman–Crippen MR) is 84.4 cm³/mol. The van der Waals surface area contributed by atoms with Crippen molar-refractivity contribution in [3.8, 4) is 0 Å². The summed E-state index contributed by atoms with van der Waals surface area (Å²) in [6.45, 7) is 2.00. The molecule has 0 fully saturated rings. The van der Waals surface area contributed by atoms with Crippen molar-refractivity contribution in [3.63, 3.8) is 0 Å². The maximum absolute atomic E-state index is 12.2. The van der Waals surface area contributed by atoms with Crippen LogP contribution in [0.1, 0.15) is 15.9 Å². The fraction of sp³-hybridized carbons (Fsp3) is 0.0769. The first-order valence-corrected chi connectivity index (χ1v) is 7.47. The van der Waals surface area contributed by atoms with Crippen LogP contribution in [-0.4, -0.2) is 21.1 Å². The van der Waals surface area contributed by atoms with E-state index in [0.29, 0.717) is 5.13 Å². The molecule has 1 N–H and O–H groups in total. The number of rotatable bonds is 2. The van der Waals surface area contributed by atoms with Crippen molar-refractivity contribution < 1.29 is 4.79 Å². The maximum atomic E-state index is 12.2. The van der Waals surface area contributed by atoms with Gasteiger partial charge >= 0.3 is 0 Å². The molecular formula is C13H8Cl2N4OS. The van der Waals surface area contributed by atoms with Gasteiger partial charge in [0.15, 0.2) is 15.4 Å². The highest BCUT2D eigenvalue weighted by Gasteiger charge is 2.15. The van der Waals surface area contributed by atoms with Crippen molar-refractivity contribution in [2.45, 2.75) is 6.92 Å². The fourth-order valence-electron chi connectivity index (χ4n) is 1.76. The number of nitrogens with one attached hydrogen (secondary N) is 1. The van der Waals surface area contributed by atoms with Crippen LogP contribution in [0.4, 0.5) is 5.13 Å². The smallest absolute Gasteiger partial charge is 0.260 e. The van der Waals surface area contributed by atoms with Crippen molar-refractivity contribution in [2.24, 2.45) is 0 Å². The molecule has 0 aliphatic heterocycles. The summed E-state index contributed by atoms with van der Waals surface area (Å²) < 4.78 is 1.00. The summed E-state index contributed by atoms with van der Waals surface area (Å²) in [5, 5.41) is 10.4. The summed E-state index contributed by atoms with van der Waals surface area (Å²) >= 11 is 13.0. The van der Waals surface area contributed by atoms with E-state index in [1.807, 2.05) is 25.1 Å². The average molecular weight is 339 g/mol. The predicted octanol–water partition coefficient (Wildman–Crippen LogP) is 3.95. The SMILES string of the molecule is Cc1ccc2nc(NC(=O)c3cc(Cl)nnc3Cl)sc2c1. The van der Waals surface area contributed by atoms with Crippen molar-refractivity contribution in [2.75, 3.05) is 5.32 Å². The number of aromatic nitrogens is 3. The third-order valence-corrected chi connectivity index (χ3v) is 4.13. The highest BCUT2D eigenvalue weighted by Crippen LogP contribution is 2.27. The Hall–Kier alpha value is -1.76.